The number of benzene rings is 1. The fourth-order valence-corrected chi connectivity index (χ4v) is 2.13. The molecule has 1 aliphatic carbocycles. The van der Waals surface area contributed by atoms with E-state index in [2.05, 4.69) is 21.2 Å². The number of hydrogen-bond acceptors (Lipinski definition) is 2. The van der Waals surface area contributed by atoms with Crippen molar-refractivity contribution in [3.05, 3.63) is 33.8 Å². The molecule has 4 heteroatoms. The van der Waals surface area contributed by atoms with Gasteiger partial charge in [-0.3, -0.25) is 4.79 Å². The van der Waals surface area contributed by atoms with Gasteiger partial charge in [-0.1, -0.05) is 12.1 Å². The quantitative estimate of drug-likeness (QED) is 0.820. The number of ether oxygens (including phenoxy) is 1. The van der Waals surface area contributed by atoms with Crippen LogP contribution in [0.15, 0.2) is 22.7 Å². The first kappa shape index (κ1) is 13.6. The maximum absolute atomic E-state index is 11.9. The monoisotopic (exact) mass is 311 g/mol. The lowest BCUT2D eigenvalue weighted by Gasteiger charge is -2.08. The van der Waals surface area contributed by atoms with Crippen molar-refractivity contribution in [1.82, 2.24) is 5.32 Å². The van der Waals surface area contributed by atoms with Crippen LogP contribution in [0.5, 0.6) is 0 Å². The number of carbonyl (C=O) groups is 1. The third-order valence-corrected chi connectivity index (χ3v) is 4.07. The lowest BCUT2D eigenvalue weighted by molar-refractivity contribution is 0.0906. The van der Waals surface area contributed by atoms with E-state index in [0.29, 0.717) is 18.7 Å². The Morgan fingerprint density at radius 1 is 1.50 bits per heavy atom. The molecule has 18 heavy (non-hydrogen) atoms. The first-order valence-electron chi connectivity index (χ1n) is 6.29. The van der Waals surface area contributed by atoms with Gasteiger partial charge in [0.05, 0.1) is 12.2 Å². The smallest absolute Gasteiger partial charge is 0.252 e. The molecular weight excluding hydrogens is 294 g/mol. The normalized spacial score (nSPS) is 14.6. The summed E-state index contributed by atoms with van der Waals surface area (Å²) in [7, 11) is 0. The van der Waals surface area contributed by atoms with Crippen LogP contribution in [0, 0.1) is 12.8 Å². The molecule has 98 valence electrons. The summed E-state index contributed by atoms with van der Waals surface area (Å²) in [6, 6.07) is 5.68. The molecule has 3 nitrogen and oxygen atoms in total. The van der Waals surface area contributed by atoms with Crippen LogP contribution < -0.4 is 5.32 Å². The predicted octanol–water partition coefficient (Wildman–Crippen LogP) is 2.91. The van der Waals surface area contributed by atoms with E-state index in [1.165, 1.54) is 12.8 Å². The number of aryl methyl sites for hydroxylation is 1. The number of carbonyl (C=O) groups excluding carboxylic acids is 1. The van der Waals surface area contributed by atoms with Gasteiger partial charge in [-0.05, 0) is 53.2 Å². The number of amides is 1. The number of halogens is 1. The average Bonchev–Trinajstić information content (AvgIpc) is 3.16. The van der Waals surface area contributed by atoms with Gasteiger partial charge in [-0.2, -0.15) is 0 Å². The summed E-state index contributed by atoms with van der Waals surface area (Å²) in [6.45, 7) is 3.96. The van der Waals surface area contributed by atoms with E-state index in [0.717, 1.165) is 22.6 Å². The van der Waals surface area contributed by atoms with Crippen LogP contribution in [0.25, 0.3) is 0 Å². The Kier molecular flexibility index (Phi) is 4.78. The molecule has 0 unspecified atom stereocenters. The van der Waals surface area contributed by atoms with E-state index < -0.39 is 0 Å². The topological polar surface area (TPSA) is 38.3 Å². The van der Waals surface area contributed by atoms with Crippen LogP contribution in [0.1, 0.15) is 28.8 Å². The zero-order valence-electron chi connectivity index (χ0n) is 10.5. The number of nitrogens with one attached hydrogen (secondary N) is 1. The Balaban J connectivity index is 1.74. The minimum atomic E-state index is -0.0550. The Hall–Kier alpha value is -0.870. The Morgan fingerprint density at radius 3 is 3.00 bits per heavy atom. The summed E-state index contributed by atoms with van der Waals surface area (Å²) in [5.74, 6) is 0.715. The zero-order chi connectivity index (χ0) is 13.0. The Labute approximate surface area is 116 Å². The number of hydrogen-bond donors (Lipinski definition) is 1. The molecule has 1 saturated carbocycles. The SMILES string of the molecule is Cc1cccc(C(=O)NCCOCC2CC2)c1Br. The Morgan fingerprint density at radius 2 is 2.28 bits per heavy atom. The second-order valence-electron chi connectivity index (χ2n) is 4.71. The van der Waals surface area contributed by atoms with Crippen LogP contribution in [0.4, 0.5) is 0 Å². The molecular formula is C14H18BrNO2. The van der Waals surface area contributed by atoms with Crippen LogP contribution in [0.2, 0.25) is 0 Å². The van der Waals surface area contributed by atoms with Crippen LogP contribution in [-0.2, 0) is 4.74 Å². The van der Waals surface area contributed by atoms with Gasteiger partial charge < -0.3 is 10.1 Å². The lowest BCUT2D eigenvalue weighted by atomic mass is 10.1. The first-order chi connectivity index (χ1) is 8.68. The van der Waals surface area contributed by atoms with Gasteiger partial charge in [0.15, 0.2) is 0 Å². The third-order valence-electron chi connectivity index (χ3n) is 3.02. The molecule has 1 aliphatic rings. The molecule has 1 N–H and O–H groups in total. The van der Waals surface area contributed by atoms with Crippen molar-refractivity contribution >= 4 is 21.8 Å². The molecule has 0 radical (unpaired) electrons. The van der Waals surface area contributed by atoms with Crippen molar-refractivity contribution in [3.63, 3.8) is 0 Å². The molecule has 0 aliphatic heterocycles. The van der Waals surface area contributed by atoms with Crippen molar-refractivity contribution in [3.8, 4) is 0 Å². The third kappa shape index (κ3) is 3.82. The summed E-state index contributed by atoms with van der Waals surface area (Å²) in [5.41, 5.74) is 1.74. The molecule has 0 heterocycles. The highest BCUT2D eigenvalue weighted by molar-refractivity contribution is 9.10. The van der Waals surface area contributed by atoms with E-state index in [-0.39, 0.29) is 5.91 Å². The zero-order valence-corrected chi connectivity index (χ0v) is 12.1. The minimum Gasteiger partial charge on any atom is -0.379 e. The van der Waals surface area contributed by atoms with Crippen LogP contribution >= 0.6 is 15.9 Å². The van der Waals surface area contributed by atoms with Crippen molar-refractivity contribution in [2.24, 2.45) is 5.92 Å². The van der Waals surface area contributed by atoms with Gasteiger partial charge in [-0.25, -0.2) is 0 Å². The predicted molar refractivity (Wildman–Crippen MR) is 74.8 cm³/mol. The highest BCUT2D eigenvalue weighted by Gasteiger charge is 2.20. The standard InChI is InChI=1S/C14H18BrNO2/c1-10-3-2-4-12(13(10)15)14(17)16-7-8-18-9-11-5-6-11/h2-4,11H,5-9H2,1H3,(H,16,17). The molecule has 0 atom stereocenters. The van der Waals surface area contributed by atoms with E-state index in [4.69, 9.17) is 4.74 Å². The van der Waals surface area contributed by atoms with Gasteiger partial charge in [0.2, 0.25) is 0 Å². The lowest BCUT2D eigenvalue weighted by Crippen LogP contribution is -2.27. The van der Waals surface area contributed by atoms with Gasteiger partial charge in [0.25, 0.3) is 5.91 Å². The summed E-state index contributed by atoms with van der Waals surface area (Å²) in [4.78, 5) is 11.9. The van der Waals surface area contributed by atoms with E-state index in [1.807, 2.05) is 25.1 Å². The van der Waals surface area contributed by atoms with Crippen LogP contribution in [0.3, 0.4) is 0 Å². The fourth-order valence-electron chi connectivity index (χ4n) is 1.69. The summed E-state index contributed by atoms with van der Waals surface area (Å²) in [6.07, 6.45) is 2.59. The maximum Gasteiger partial charge on any atom is 0.252 e. The molecule has 2 rings (SSSR count). The van der Waals surface area contributed by atoms with Crippen LogP contribution in [-0.4, -0.2) is 25.7 Å². The molecule has 0 saturated heterocycles. The molecule has 0 bridgehead atoms. The van der Waals surface area contributed by atoms with Crippen molar-refractivity contribution in [2.45, 2.75) is 19.8 Å². The van der Waals surface area contributed by atoms with Gasteiger partial charge >= 0.3 is 0 Å². The highest BCUT2D eigenvalue weighted by Crippen LogP contribution is 2.28. The molecule has 0 aromatic heterocycles. The van der Waals surface area contributed by atoms with Crippen molar-refractivity contribution in [2.75, 3.05) is 19.8 Å². The second kappa shape index (κ2) is 6.34. The second-order valence-corrected chi connectivity index (χ2v) is 5.50. The van der Waals surface area contributed by atoms with E-state index >= 15 is 0 Å². The molecule has 1 aromatic carbocycles. The summed E-state index contributed by atoms with van der Waals surface area (Å²) in [5, 5.41) is 2.87. The van der Waals surface area contributed by atoms with Gasteiger partial charge in [-0.15, -0.1) is 0 Å². The largest absolute Gasteiger partial charge is 0.379 e. The van der Waals surface area contributed by atoms with Crippen molar-refractivity contribution < 1.29 is 9.53 Å². The van der Waals surface area contributed by atoms with Gasteiger partial charge in [0.1, 0.15) is 0 Å². The molecule has 1 amide bonds. The number of rotatable bonds is 6. The molecule has 0 spiro atoms. The Bertz CT molecular complexity index is 430. The summed E-state index contributed by atoms with van der Waals surface area (Å²) < 4.78 is 6.33. The first-order valence-corrected chi connectivity index (χ1v) is 7.09. The minimum absolute atomic E-state index is 0.0550. The molecule has 1 aromatic rings. The maximum atomic E-state index is 11.9. The molecule has 1 fully saturated rings. The van der Waals surface area contributed by atoms with Crippen molar-refractivity contribution in [1.29, 1.82) is 0 Å². The van der Waals surface area contributed by atoms with E-state index in [9.17, 15) is 4.79 Å². The fraction of sp³-hybridized carbons (Fsp3) is 0.500. The van der Waals surface area contributed by atoms with E-state index in [1.54, 1.807) is 0 Å². The average molecular weight is 312 g/mol. The summed E-state index contributed by atoms with van der Waals surface area (Å²) >= 11 is 3.44. The van der Waals surface area contributed by atoms with Gasteiger partial charge in [0, 0.05) is 17.6 Å². The highest BCUT2D eigenvalue weighted by atomic mass is 79.9.